The van der Waals surface area contributed by atoms with E-state index in [1.165, 1.54) is 22.2 Å². The van der Waals surface area contributed by atoms with E-state index in [1.807, 2.05) is 6.92 Å². The van der Waals surface area contributed by atoms with Gasteiger partial charge in [-0.25, -0.2) is 4.98 Å². The van der Waals surface area contributed by atoms with Crippen molar-refractivity contribution in [2.24, 2.45) is 11.7 Å². The van der Waals surface area contributed by atoms with Crippen molar-refractivity contribution in [2.75, 3.05) is 0 Å². The molecule has 0 fully saturated rings. The summed E-state index contributed by atoms with van der Waals surface area (Å²) in [6.07, 6.45) is 3.11. The summed E-state index contributed by atoms with van der Waals surface area (Å²) < 4.78 is 1.66. The van der Waals surface area contributed by atoms with Crippen LogP contribution in [0.2, 0.25) is 0 Å². The maximum atomic E-state index is 12.9. The Kier molecular flexibility index (Phi) is 4.51. The van der Waals surface area contributed by atoms with Crippen LogP contribution in [0.4, 0.5) is 0 Å². The molecule has 5 nitrogen and oxygen atoms in total. The maximum Gasteiger partial charge on any atom is 0.263 e. The predicted octanol–water partition coefficient (Wildman–Crippen LogP) is 2.57. The number of thioether (sulfide) groups is 1. The summed E-state index contributed by atoms with van der Waals surface area (Å²) in [7, 11) is 0. The fourth-order valence-electron chi connectivity index (χ4n) is 2.99. The third-order valence-electron chi connectivity index (χ3n) is 4.38. The Morgan fingerprint density at radius 3 is 2.96 bits per heavy atom. The highest BCUT2D eigenvalue weighted by Crippen LogP contribution is 2.36. The van der Waals surface area contributed by atoms with Gasteiger partial charge in [0.1, 0.15) is 4.83 Å². The van der Waals surface area contributed by atoms with Crippen molar-refractivity contribution >= 4 is 39.2 Å². The molecule has 0 aromatic carbocycles. The van der Waals surface area contributed by atoms with Gasteiger partial charge in [0.15, 0.2) is 5.16 Å². The number of aryl methyl sites for hydroxylation is 1. The van der Waals surface area contributed by atoms with Gasteiger partial charge >= 0.3 is 0 Å². The standard InChI is InChI=1S/C16H21N3O2S2/c1-4-19-15(21)12-10-6-5-8(2)7-11(10)23-14(12)18-16(19)22-9(3)13(17)20/h8-9H,4-7H2,1-3H3,(H2,17,20). The van der Waals surface area contributed by atoms with E-state index in [2.05, 4.69) is 6.92 Å². The monoisotopic (exact) mass is 351 g/mol. The number of fused-ring (bicyclic) bond motifs is 3. The van der Waals surface area contributed by atoms with Crippen molar-refractivity contribution in [1.29, 1.82) is 0 Å². The number of carbonyl (C=O) groups is 1. The second-order valence-electron chi connectivity index (χ2n) is 6.14. The Bertz CT molecular complexity index is 825. The van der Waals surface area contributed by atoms with E-state index in [0.717, 1.165) is 29.5 Å². The van der Waals surface area contributed by atoms with Gasteiger partial charge in [-0.2, -0.15) is 0 Å². The fraction of sp³-hybridized carbons (Fsp3) is 0.562. The number of aromatic nitrogens is 2. The van der Waals surface area contributed by atoms with E-state index in [4.69, 9.17) is 10.7 Å². The summed E-state index contributed by atoms with van der Waals surface area (Å²) in [5.41, 5.74) is 6.56. The van der Waals surface area contributed by atoms with Gasteiger partial charge in [-0.1, -0.05) is 18.7 Å². The maximum absolute atomic E-state index is 12.9. The first kappa shape index (κ1) is 16.5. The first-order chi connectivity index (χ1) is 10.9. The van der Waals surface area contributed by atoms with E-state index >= 15 is 0 Å². The summed E-state index contributed by atoms with van der Waals surface area (Å²) in [6.45, 7) is 6.46. The fourth-order valence-corrected chi connectivity index (χ4v) is 5.34. The second kappa shape index (κ2) is 6.28. The molecule has 0 bridgehead atoms. The Labute approximate surface area is 143 Å². The van der Waals surface area contributed by atoms with E-state index < -0.39 is 11.2 Å². The van der Waals surface area contributed by atoms with Crippen LogP contribution in [0.15, 0.2) is 9.95 Å². The van der Waals surface area contributed by atoms with Crippen LogP contribution in [0.25, 0.3) is 10.2 Å². The molecular weight excluding hydrogens is 330 g/mol. The zero-order chi connectivity index (χ0) is 16.7. The van der Waals surface area contributed by atoms with Crippen LogP contribution in [-0.4, -0.2) is 20.7 Å². The van der Waals surface area contributed by atoms with Crippen molar-refractivity contribution in [3.8, 4) is 0 Å². The lowest BCUT2D eigenvalue weighted by Crippen LogP contribution is -2.27. The molecule has 0 spiro atoms. The molecule has 1 aliphatic carbocycles. The Hall–Kier alpha value is -1.34. The number of primary amides is 1. The van der Waals surface area contributed by atoms with Crippen LogP contribution in [0, 0.1) is 5.92 Å². The summed E-state index contributed by atoms with van der Waals surface area (Å²) in [6, 6.07) is 0. The minimum Gasteiger partial charge on any atom is -0.369 e. The zero-order valence-electron chi connectivity index (χ0n) is 13.6. The Morgan fingerprint density at radius 1 is 1.57 bits per heavy atom. The molecule has 2 aromatic rings. The summed E-state index contributed by atoms with van der Waals surface area (Å²) in [4.78, 5) is 31.1. The van der Waals surface area contributed by atoms with Crippen molar-refractivity contribution in [2.45, 2.75) is 57.0 Å². The number of nitrogens with zero attached hydrogens (tertiary/aromatic N) is 2. The average molecular weight is 351 g/mol. The van der Waals surface area contributed by atoms with Crippen LogP contribution in [-0.2, 0) is 24.2 Å². The third kappa shape index (κ3) is 2.92. The predicted molar refractivity (Wildman–Crippen MR) is 95.3 cm³/mol. The molecule has 0 aliphatic heterocycles. The van der Waals surface area contributed by atoms with Crippen LogP contribution >= 0.6 is 23.1 Å². The highest BCUT2D eigenvalue weighted by atomic mass is 32.2. The summed E-state index contributed by atoms with van der Waals surface area (Å²) in [5.74, 6) is 0.263. The molecule has 2 aromatic heterocycles. The van der Waals surface area contributed by atoms with Crippen molar-refractivity contribution < 1.29 is 4.79 Å². The molecular formula is C16H21N3O2S2. The molecule has 2 N–H and O–H groups in total. The van der Waals surface area contributed by atoms with Crippen LogP contribution < -0.4 is 11.3 Å². The molecule has 0 saturated carbocycles. The minimum atomic E-state index is -0.410. The van der Waals surface area contributed by atoms with E-state index in [9.17, 15) is 9.59 Å². The lowest BCUT2D eigenvalue weighted by atomic mass is 9.89. The Balaban J connectivity index is 2.16. The Morgan fingerprint density at radius 2 is 2.30 bits per heavy atom. The molecule has 0 radical (unpaired) electrons. The molecule has 1 aliphatic rings. The van der Waals surface area contributed by atoms with Gasteiger partial charge in [-0.15, -0.1) is 11.3 Å². The lowest BCUT2D eigenvalue weighted by molar-refractivity contribution is -0.117. The lowest BCUT2D eigenvalue weighted by Gasteiger charge is -2.17. The normalized spacial score (nSPS) is 18.8. The SMILES string of the molecule is CCn1c(SC(C)C(N)=O)nc2sc3c(c2c1=O)CCC(C)C3. The van der Waals surface area contributed by atoms with Gasteiger partial charge in [-0.3, -0.25) is 14.2 Å². The number of nitrogens with two attached hydrogens (primary N) is 1. The first-order valence-electron chi connectivity index (χ1n) is 7.93. The van der Waals surface area contributed by atoms with Gasteiger partial charge in [-0.05, 0) is 44.6 Å². The van der Waals surface area contributed by atoms with Crippen LogP contribution in [0.5, 0.6) is 0 Å². The summed E-state index contributed by atoms with van der Waals surface area (Å²) in [5, 5.41) is 0.963. The number of hydrogen-bond donors (Lipinski definition) is 1. The number of amides is 1. The largest absolute Gasteiger partial charge is 0.369 e. The van der Waals surface area contributed by atoms with Gasteiger partial charge < -0.3 is 5.73 Å². The van der Waals surface area contributed by atoms with Crippen molar-refractivity contribution in [3.05, 3.63) is 20.8 Å². The van der Waals surface area contributed by atoms with Crippen molar-refractivity contribution in [1.82, 2.24) is 9.55 Å². The molecule has 0 saturated heterocycles. The minimum absolute atomic E-state index is 0.0173. The molecule has 2 heterocycles. The topological polar surface area (TPSA) is 78.0 Å². The molecule has 2 atom stereocenters. The number of hydrogen-bond acceptors (Lipinski definition) is 5. The molecule has 23 heavy (non-hydrogen) atoms. The van der Waals surface area contributed by atoms with E-state index in [0.29, 0.717) is 17.6 Å². The van der Waals surface area contributed by atoms with E-state index in [-0.39, 0.29) is 5.56 Å². The second-order valence-corrected chi connectivity index (χ2v) is 8.53. The van der Waals surface area contributed by atoms with Gasteiger partial charge in [0.2, 0.25) is 5.91 Å². The van der Waals surface area contributed by atoms with Crippen molar-refractivity contribution in [3.63, 3.8) is 0 Å². The molecule has 2 unspecified atom stereocenters. The number of thiophene rings is 1. The highest BCUT2D eigenvalue weighted by molar-refractivity contribution is 8.00. The zero-order valence-corrected chi connectivity index (χ0v) is 15.2. The molecule has 124 valence electrons. The number of carbonyl (C=O) groups excluding carboxylic acids is 1. The van der Waals surface area contributed by atoms with Crippen LogP contribution in [0.3, 0.4) is 0 Å². The smallest absolute Gasteiger partial charge is 0.263 e. The van der Waals surface area contributed by atoms with Gasteiger partial charge in [0.05, 0.1) is 10.6 Å². The summed E-state index contributed by atoms with van der Waals surface area (Å²) >= 11 is 2.89. The van der Waals surface area contributed by atoms with Gasteiger partial charge in [0, 0.05) is 11.4 Å². The molecule has 1 amide bonds. The third-order valence-corrected chi connectivity index (χ3v) is 6.64. The number of rotatable bonds is 4. The molecule has 7 heteroatoms. The van der Waals surface area contributed by atoms with E-state index in [1.54, 1.807) is 22.8 Å². The first-order valence-corrected chi connectivity index (χ1v) is 9.63. The molecule has 3 rings (SSSR count). The van der Waals surface area contributed by atoms with Gasteiger partial charge in [0.25, 0.3) is 5.56 Å². The van der Waals surface area contributed by atoms with Crippen LogP contribution in [0.1, 0.15) is 37.6 Å². The average Bonchev–Trinajstić information content (AvgIpc) is 2.84. The highest BCUT2D eigenvalue weighted by Gasteiger charge is 2.25. The quantitative estimate of drug-likeness (QED) is 0.678.